The van der Waals surface area contributed by atoms with Gasteiger partial charge in [-0.3, -0.25) is 4.79 Å². The van der Waals surface area contributed by atoms with Crippen LogP contribution in [0.1, 0.15) is 38.3 Å². The first-order valence-corrected chi connectivity index (χ1v) is 12.6. The molecule has 2 rings (SSSR count). The molecule has 13 heteroatoms. The Hall–Kier alpha value is -4.20. The Morgan fingerprint density at radius 1 is 1.17 bits per heavy atom. The van der Waals surface area contributed by atoms with Crippen molar-refractivity contribution in [2.75, 3.05) is 32.8 Å². The number of benzene rings is 2. The number of carbonyl (C=O) groups excluding carboxylic acids is 1. The van der Waals surface area contributed by atoms with Crippen molar-refractivity contribution in [1.29, 1.82) is 0 Å². The van der Waals surface area contributed by atoms with Crippen LogP contribution in [0.2, 0.25) is 0 Å². The number of methoxy groups -OCH3 is 2. The van der Waals surface area contributed by atoms with E-state index in [0.717, 1.165) is 24.3 Å². The Morgan fingerprint density at radius 2 is 1.85 bits per heavy atom. The second-order valence-electron chi connectivity index (χ2n) is 9.43. The number of rotatable bonds is 16. The number of amidine groups is 1. The third kappa shape index (κ3) is 10.4. The van der Waals surface area contributed by atoms with Crippen LogP contribution < -0.4 is 37.1 Å². The van der Waals surface area contributed by atoms with Gasteiger partial charge in [0, 0.05) is 38.3 Å². The molecule has 0 unspecified atom stereocenters. The summed E-state index contributed by atoms with van der Waals surface area (Å²) in [5.41, 5.74) is 8.97. The molecule has 0 fully saturated rings. The number of carbonyl (C=O) groups is 1. The van der Waals surface area contributed by atoms with Crippen molar-refractivity contribution in [3.8, 4) is 11.5 Å². The van der Waals surface area contributed by atoms with Crippen LogP contribution in [0.5, 0.6) is 11.5 Å². The number of aliphatic hydroxyl groups excluding tert-OH is 1. The predicted octanol–water partition coefficient (Wildman–Crippen LogP) is 3.30. The highest BCUT2D eigenvalue weighted by Crippen LogP contribution is 2.38. The lowest BCUT2D eigenvalue weighted by Gasteiger charge is -2.23. The molecule has 0 bridgehead atoms. The molecule has 0 spiro atoms. The number of hydrogen-bond donors (Lipinski definition) is 6. The lowest BCUT2D eigenvalue weighted by atomic mass is 10.0. The zero-order valence-corrected chi connectivity index (χ0v) is 23.6. The first kappa shape index (κ1) is 33.0. The van der Waals surface area contributed by atoms with Gasteiger partial charge in [-0.05, 0) is 50.1 Å². The number of anilines is 1. The summed E-state index contributed by atoms with van der Waals surface area (Å²) in [5, 5.41) is 15.1. The van der Waals surface area contributed by atoms with Gasteiger partial charge < -0.3 is 41.1 Å². The van der Waals surface area contributed by atoms with E-state index in [9.17, 15) is 18.7 Å². The van der Waals surface area contributed by atoms with E-state index in [1.165, 1.54) is 19.3 Å². The van der Waals surface area contributed by atoms with Crippen LogP contribution in [0.25, 0.3) is 0 Å². The average Bonchev–Trinajstić information content (AvgIpc) is 2.92. The van der Waals surface area contributed by atoms with Gasteiger partial charge in [-0.25, -0.2) is 19.6 Å². The highest BCUT2D eigenvalue weighted by molar-refractivity contribution is 6.01. The molecule has 0 aromatic heterocycles. The highest BCUT2D eigenvalue weighted by Gasteiger charge is 2.19. The SMILES string of the molecule is C=CC(=O)Nc1cc(N=C(N)/C=C(\NN)N[C@H](CCO)c2cc(F)cc(F)c2)c(OC)cc1OCCC(C)(C)OC. The van der Waals surface area contributed by atoms with Gasteiger partial charge in [-0.15, -0.1) is 0 Å². The van der Waals surface area contributed by atoms with Crippen LogP contribution in [0.15, 0.2) is 59.9 Å². The van der Waals surface area contributed by atoms with Crippen LogP contribution in [-0.2, 0) is 9.53 Å². The molecule has 2 aromatic rings. The topological polar surface area (TPSA) is 165 Å². The normalized spacial score (nSPS) is 12.9. The van der Waals surface area contributed by atoms with Crippen molar-refractivity contribution in [3.05, 3.63) is 72.1 Å². The zero-order valence-electron chi connectivity index (χ0n) is 23.6. The minimum absolute atomic E-state index is 0.0477. The molecule has 224 valence electrons. The molecule has 0 aliphatic rings. The average molecular weight is 577 g/mol. The van der Waals surface area contributed by atoms with E-state index >= 15 is 0 Å². The lowest BCUT2D eigenvalue weighted by molar-refractivity contribution is -0.111. The zero-order chi connectivity index (χ0) is 30.6. The molecule has 1 amide bonds. The van der Waals surface area contributed by atoms with Crippen molar-refractivity contribution < 1.29 is 32.9 Å². The third-order valence-corrected chi connectivity index (χ3v) is 5.97. The van der Waals surface area contributed by atoms with Crippen molar-refractivity contribution in [2.45, 2.75) is 38.3 Å². The van der Waals surface area contributed by atoms with Gasteiger partial charge in [0.1, 0.15) is 40.5 Å². The molecule has 0 heterocycles. The molecule has 0 aliphatic heterocycles. The molecule has 11 nitrogen and oxygen atoms in total. The number of hydrazine groups is 1. The first-order valence-electron chi connectivity index (χ1n) is 12.6. The molecular formula is C28H38F2N6O5. The number of aliphatic hydroxyl groups is 1. The number of nitrogens with one attached hydrogen (secondary N) is 3. The Balaban J connectivity index is 2.41. The largest absolute Gasteiger partial charge is 0.494 e. The molecular weight excluding hydrogens is 538 g/mol. The summed E-state index contributed by atoms with van der Waals surface area (Å²) in [6, 6.07) is 5.40. The van der Waals surface area contributed by atoms with E-state index in [1.807, 2.05) is 13.8 Å². The number of amides is 1. The van der Waals surface area contributed by atoms with Crippen LogP contribution >= 0.6 is 0 Å². The predicted molar refractivity (Wildman–Crippen MR) is 154 cm³/mol. The van der Waals surface area contributed by atoms with Gasteiger partial charge in [0.2, 0.25) is 5.91 Å². The maximum Gasteiger partial charge on any atom is 0.247 e. The van der Waals surface area contributed by atoms with Crippen LogP contribution in [-0.4, -0.2) is 49.9 Å². The van der Waals surface area contributed by atoms with Gasteiger partial charge in [-0.2, -0.15) is 0 Å². The maximum atomic E-state index is 13.8. The van der Waals surface area contributed by atoms with E-state index in [0.29, 0.717) is 23.6 Å². The Morgan fingerprint density at radius 3 is 2.41 bits per heavy atom. The van der Waals surface area contributed by atoms with Crippen molar-refractivity contribution in [3.63, 3.8) is 0 Å². The van der Waals surface area contributed by atoms with E-state index in [1.54, 1.807) is 13.2 Å². The smallest absolute Gasteiger partial charge is 0.247 e. The number of halogens is 2. The second kappa shape index (κ2) is 15.6. The molecule has 8 N–H and O–H groups in total. The van der Waals surface area contributed by atoms with Crippen LogP contribution in [0.4, 0.5) is 20.2 Å². The quantitative estimate of drug-likeness (QED) is 0.0578. The minimum atomic E-state index is -0.765. The first-order chi connectivity index (χ1) is 19.4. The van der Waals surface area contributed by atoms with Crippen molar-refractivity contribution >= 4 is 23.1 Å². The molecule has 0 aliphatic carbocycles. The molecule has 2 aromatic carbocycles. The van der Waals surface area contributed by atoms with Crippen molar-refractivity contribution in [1.82, 2.24) is 10.7 Å². The minimum Gasteiger partial charge on any atom is -0.494 e. The molecule has 0 saturated heterocycles. The summed E-state index contributed by atoms with van der Waals surface area (Å²) >= 11 is 0. The Kier molecular flexibility index (Phi) is 12.5. The molecule has 1 atom stereocenters. The van der Waals surface area contributed by atoms with Crippen LogP contribution in [0, 0.1) is 11.6 Å². The second-order valence-corrected chi connectivity index (χ2v) is 9.43. The number of hydrogen-bond acceptors (Lipinski definition) is 9. The number of aliphatic imine (C=N–C) groups is 1. The monoisotopic (exact) mass is 576 g/mol. The lowest BCUT2D eigenvalue weighted by Crippen LogP contribution is -2.35. The summed E-state index contributed by atoms with van der Waals surface area (Å²) in [5.74, 6) is 4.37. The molecule has 0 saturated carbocycles. The van der Waals surface area contributed by atoms with Gasteiger partial charge >= 0.3 is 0 Å². The standard InChI is InChI=1S/C28H38F2N6O5/c1-6-27(38)35-22-14-21(23(39-4)15-24(22)41-10-8-28(2,3)40-5)33-25(31)16-26(36-32)34-20(7-9-37)17-11-18(29)13-19(30)12-17/h6,11-16,20,34,36-37H,1,7-10,32H2,2-5H3,(H2,31,33)(H,35,38)/b26-16-/t20-/m1/s1. The highest BCUT2D eigenvalue weighted by atomic mass is 19.1. The van der Waals surface area contributed by atoms with Gasteiger partial charge in [0.15, 0.2) is 0 Å². The number of nitrogens with zero attached hydrogens (tertiary/aromatic N) is 1. The summed E-state index contributed by atoms with van der Waals surface area (Å²) in [6.07, 6.45) is 3.14. The van der Waals surface area contributed by atoms with Gasteiger partial charge in [0.05, 0.1) is 31.0 Å². The number of nitrogens with two attached hydrogens (primary N) is 2. The Bertz CT molecular complexity index is 1250. The van der Waals surface area contributed by atoms with E-state index in [2.05, 4.69) is 27.6 Å². The van der Waals surface area contributed by atoms with E-state index in [-0.39, 0.29) is 42.5 Å². The summed E-state index contributed by atoms with van der Waals surface area (Å²) in [6.45, 7) is 7.34. The summed E-state index contributed by atoms with van der Waals surface area (Å²) in [7, 11) is 3.05. The maximum absolute atomic E-state index is 13.8. The molecule has 0 radical (unpaired) electrons. The summed E-state index contributed by atoms with van der Waals surface area (Å²) in [4.78, 5) is 16.5. The fourth-order valence-corrected chi connectivity index (χ4v) is 3.57. The third-order valence-electron chi connectivity index (χ3n) is 5.97. The summed E-state index contributed by atoms with van der Waals surface area (Å²) < 4.78 is 44.4. The van der Waals surface area contributed by atoms with Crippen LogP contribution in [0.3, 0.4) is 0 Å². The van der Waals surface area contributed by atoms with E-state index < -0.39 is 29.2 Å². The van der Waals surface area contributed by atoms with E-state index in [4.69, 9.17) is 25.8 Å². The Labute approximate surface area is 238 Å². The van der Waals surface area contributed by atoms with Gasteiger partial charge in [0.25, 0.3) is 0 Å². The van der Waals surface area contributed by atoms with Crippen molar-refractivity contribution in [2.24, 2.45) is 16.6 Å². The fourth-order valence-electron chi connectivity index (χ4n) is 3.57. The molecule has 41 heavy (non-hydrogen) atoms. The van der Waals surface area contributed by atoms with Gasteiger partial charge in [-0.1, -0.05) is 6.58 Å². The fraction of sp³-hybridized carbons (Fsp3) is 0.357. The number of ether oxygens (including phenoxy) is 3.